The number of aliphatic hydroxyl groups is 1. The molecule has 1 fully saturated rings. The van der Waals surface area contributed by atoms with Gasteiger partial charge in [-0.1, -0.05) is 0 Å². The largest absolute Gasteiger partial charge is 0.395 e. The van der Waals surface area contributed by atoms with Crippen LogP contribution < -0.4 is 0 Å². The maximum atomic E-state index is 11.9. The smallest absolute Gasteiger partial charge is 0.242 e. The molecule has 0 radical (unpaired) electrons. The Bertz CT molecular complexity index is 270. The summed E-state index contributed by atoms with van der Waals surface area (Å²) >= 11 is 0. The number of amides is 2. The number of likely N-dealkylation sites (tertiary alicyclic amines) is 1. The molecule has 6 nitrogen and oxygen atoms in total. The molecular formula is C11H20N2O4. The Balaban J connectivity index is 2.43. The number of methoxy groups -OCH3 is 1. The van der Waals surface area contributed by atoms with Crippen molar-refractivity contribution in [2.75, 3.05) is 46.5 Å². The van der Waals surface area contributed by atoms with E-state index in [4.69, 9.17) is 9.84 Å². The van der Waals surface area contributed by atoms with Gasteiger partial charge in [0.1, 0.15) is 0 Å². The van der Waals surface area contributed by atoms with Gasteiger partial charge in [0.15, 0.2) is 0 Å². The van der Waals surface area contributed by atoms with Gasteiger partial charge in [-0.2, -0.15) is 0 Å². The SMILES string of the molecule is COCCN(CCO)C(=O)CN1CCCC1=O. The highest BCUT2D eigenvalue weighted by molar-refractivity contribution is 5.85. The Labute approximate surface area is 101 Å². The number of aliphatic hydroxyl groups excluding tert-OH is 1. The van der Waals surface area contributed by atoms with Crippen LogP contribution in [0.3, 0.4) is 0 Å². The summed E-state index contributed by atoms with van der Waals surface area (Å²) in [7, 11) is 1.56. The fourth-order valence-electron chi connectivity index (χ4n) is 1.82. The first-order chi connectivity index (χ1) is 8.19. The Kier molecular flexibility index (Phi) is 5.93. The van der Waals surface area contributed by atoms with Crippen LogP contribution in [0.25, 0.3) is 0 Å². The van der Waals surface area contributed by atoms with Gasteiger partial charge >= 0.3 is 0 Å². The van der Waals surface area contributed by atoms with Crippen molar-refractivity contribution in [2.45, 2.75) is 12.8 Å². The summed E-state index contributed by atoms with van der Waals surface area (Å²) in [5.74, 6) is -0.0969. The Morgan fingerprint density at radius 3 is 2.82 bits per heavy atom. The van der Waals surface area contributed by atoms with Crippen LogP contribution in [-0.4, -0.2) is 73.2 Å². The molecule has 0 bridgehead atoms. The molecule has 0 aliphatic carbocycles. The van der Waals surface area contributed by atoms with Crippen molar-refractivity contribution in [2.24, 2.45) is 0 Å². The molecule has 1 aliphatic heterocycles. The van der Waals surface area contributed by atoms with Gasteiger partial charge in [-0.15, -0.1) is 0 Å². The van der Waals surface area contributed by atoms with Gasteiger partial charge < -0.3 is 19.6 Å². The van der Waals surface area contributed by atoms with Gasteiger partial charge in [-0.25, -0.2) is 0 Å². The van der Waals surface area contributed by atoms with Crippen LogP contribution in [0.5, 0.6) is 0 Å². The topological polar surface area (TPSA) is 70.1 Å². The fraction of sp³-hybridized carbons (Fsp3) is 0.818. The van der Waals surface area contributed by atoms with Gasteiger partial charge in [-0.3, -0.25) is 9.59 Å². The van der Waals surface area contributed by atoms with Crippen molar-refractivity contribution >= 4 is 11.8 Å². The van der Waals surface area contributed by atoms with Crippen molar-refractivity contribution in [1.29, 1.82) is 0 Å². The summed E-state index contributed by atoms with van der Waals surface area (Å²) in [5, 5.41) is 8.88. The molecule has 0 aromatic carbocycles. The zero-order valence-corrected chi connectivity index (χ0v) is 10.2. The third kappa shape index (κ3) is 4.32. The molecule has 0 saturated carbocycles. The van der Waals surface area contributed by atoms with Gasteiger partial charge in [0.05, 0.1) is 19.8 Å². The number of nitrogens with zero attached hydrogens (tertiary/aromatic N) is 2. The average Bonchev–Trinajstić information content (AvgIpc) is 2.70. The summed E-state index contributed by atoms with van der Waals surface area (Å²) in [5.41, 5.74) is 0. The normalized spacial score (nSPS) is 15.4. The molecule has 0 unspecified atom stereocenters. The van der Waals surface area contributed by atoms with E-state index in [1.165, 1.54) is 4.90 Å². The van der Waals surface area contributed by atoms with Gasteiger partial charge in [0, 0.05) is 33.2 Å². The second-order valence-electron chi connectivity index (χ2n) is 4.02. The standard InChI is InChI=1S/C11H20N2O4/c1-17-8-6-12(5-7-14)11(16)9-13-4-2-3-10(13)15/h14H,2-9H2,1H3. The predicted octanol–water partition coefficient (Wildman–Crippen LogP) is -0.924. The predicted molar refractivity (Wildman–Crippen MR) is 61.4 cm³/mol. The quantitative estimate of drug-likeness (QED) is 0.628. The zero-order chi connectivity index (χ0) is 12.7. The van der Waals surface area contributed by atoms with Crippen LogP contribution in [0.2, 0.25) is 0 Å². The van der Waals surface area contributed by atoms with E-state index in [1.807, 2.05) is 0 Å². The van der Waals surface area contributed by atoms with E-state index < -0.39 is 0 Å². The third-order valence-corrected chi connectivity index (χ3v) is 2.79. The maximum Gasteiger partial charge on any atom is 0.242 e. The fourth-order valence-corrected chi connectivity index (χ4v) is 1.82. The molecule has 98 valence electrons. The monoisotopic (exact) mass is 244 g/mol. The summed E-state index contributed by atoms with van der Waals surface area (Å²) in [6.07, 6.45) is 1.36. The number of ether oxygens (including phenoxy) is 1. The number of hydrogen-bond acceptors (Lipinski definition) is 4. The number of rotatable bonds is 7. The highest BCUT2D eigenvalue weighted by atomic mass is 16.5. The highest BCUT2D eigenvalue weighted by Gasteiger charge is 2.24. The minimum Gasteiger partial charge on any atom is -0.395 e. The van der Waals surface area contributed by atoms with Crippen molar-refractivity contribution in [3.8, 4) is 0 Å². The first kappa shape index (κ1) is 13.9. The van der Waals surface area contributed by atoms with E-state index in [-0.39, 0.29) is 31.5 Å². The zero-order valence-electron chi connectivity index (χ0n) is 10.2. The molecule has 1 heterocycles. The molecule has 17 heavy (non-hydrogen) atoms. The molecule has 6 heteroatoms. The molecule has 0 aromatic heterocycles. The van der Waals surface area contributed by atoms with Crippen LogP contribution in [0.4, 0.5) is 0 Å². The Morgan fingerprint density at radius 2 is 2.29 bits per heavy atom. The lowest BCUT2D eigenvalue weighted by Crippen LogP contribution is -2.43. The van der Waals surface area contributed by atoms with E-state index in [9.17, 15) is 9.59 Å². The number of carbonyl (C=O) groups is 2. The molecule has 0 spiro atoms. The molecule has 1 saturated heterocycles. The first-order valence-corrected chi connectivity index (χ1v) is 5.84. The van der Waals surface area contributed by atoms with E-state index >= 15 is 0 Å². The molecule has 0 aromatic rings. The minimum absolute atomic E-state index is 0.0361. The van der Waals surface area contributed by atoms with Gasteiger partial charge in [-0.05, 0) is 6.42 Å². The Hall–Kier alpha value is -1.14. The van der Waals surface area contributed by atoms with Crippen LogP contribution in [0, 0.1) is 0 Å². The number of hydrogen-bond donors (Lipinski definition) is 1. The van der Waals surface area contributed by atoms with Crippen molar-refractivity contribution in [1.82, 2.24) is 9.80 Å². The average molecular weight is 244 g/mol. The third-order valence-electron chi connectivity index (χ3n) is 2.79. The van der Waals surface area contributed by atoms with Crippen molar-refractivity contribution < 1.29 is 19.4 Å². The van der Waals surface area contributed by atoms with Crippen LogP contribution in [-0.2, 0) is 14.3 Å². The Morgan fingerprint density at radius 1 is 1.53 bits per heavy atom. The van der Waals surface area contributed by atoms with Crippen LogP contribution in [0.15, 0.2) is 0 Å². The van der Waals surface area contributed by atoms with Gasteiger partial charge in [0.2, 0.25) is 11.8 Å². The van der Waals surface area contributed by atoms with Crippen molar-refractivity contribution in [3.05, 3.63) is 0 Å². The molecule has 1 aliphatic rings. The molecular weight excluding hydrogens is 224 g/mol. The highest BCUT2D eigenvalue weighted by Crippen LogP contribution is 2.09. The van der Waals surface area contributed by atoms with E-state index in [1.54, 1.807) is 12.0 Å². The van der Waals surface area contributed by atoms with E-state index in [2.05, 4.69) is 0 Å². The summed E-state index contributed by atoms with van der Waals surface area (Å²) in [6.45, 7) is 1.84. The summed E-state index contributed by atoms with van der Waals surface area (Å²) < 4.78 is 4.90. The van der Waals surface area contributed by atoms with Gasteiger partial charge in [0.25, 0.3) is 0 Å². The van der Waals surface area contributed by atoms with Crippen LogP contribution >= 0.6 is 0 Å². The molecule has 0 atom stereocenters. The maximum absolute atomic E-state index is 11.9. The summed E-state index contributed by atoms with van der Waals surface area (Å²) in [6, 6.07) is 0. The van der Waals surface area contributed by atoms with E-state index in [0.29, 0.717) is 26.1 Å². The van der Waals surface area contributed by atoms with Crippen LogP contribution in [0.1, 0.15) is 12.8 Å². The second kappa shape index (κ2) is 7.24. The van der Waals surface area contributed by atoms with E-state index in [0.717, 1.165) is 6.42 Å². The molecule has 1 N–H and O–H groups in total. The molecule has 1 rings (SSSR count). The minimum atomic E-state index is -0.133. The van der Waals surface area contributed by atoms with Crippen molar-refractivity contribution in [3.63, 3.8) is 0 Å². The number of carbonyl (C=O) groups excluding carboxylic acids is 2. The summed E-state index contributed by atoms with van der Waals surface area (Å²) in [4.78, 5) is 26.4. The lowest BCUT2D eigenvalue weighted by Gasteiger charge is -2.24. The lowest BCUT2D eigenvalue weighted by atomic mass is 10.4. The lowest BCUT2D eigenvalue weighted by molar-refractivity contribution is -0.139. The molecule has 2 amide bonds. The first-order valence-electron chi connectivity index (χ1n) is 5.84. The second-order valence-corrected chi connectivity index (χ2v) is 4.02.